The molecule has 0 radical (unpaired) electrons. The lowest BCUT2D eigenvalue weighted by atomic mass is 10.1. The molecule has 2 amide bonds. The van der Waals surface area contributed by atoms with E-state index >= 15 is 0 Å². The molecule has 0 spiro atoms. The predicted octanol–water partition coefficient (Wildman–Crippen LogP) is 1.60. The fourth-order valence-electron chi connectivity index (χ4n) is 2.27. The minimum Gasteiger partial charge on any atom is -0.339 e. The minimum atomic E-state index is -4.90. The van der Waals surface area contributed by atoms with Crippen LogP contribution in [0.2, 0.25) is 0 Å². The maximum absolute atomic E-state index is 13.0. The average Bonchev–Trinajstić information content (AvgIpc) is 2.45. The Morgan fingerprint density at radius 3 is 2.18 bits per heavy atom. The van der Waals surface area contributed by atoms with Crippen LogP contribution in [0.5, 0.6) is 0 Å². The molecule has 120 valence electrons. The SMILES string of the molecule is O=C(Cc1cccc(F)c1)N1CCN(C(=O)C(F)(F)F)CC1. The summed E-state index contributed by atoms with van der Waals surface area (Å²) in [6, 6.07) is 5.58. The average molecular weight is 318 g/mol. The molecule has 22 heavy (non-hydrogen) atoms. The van der Waals surface area contributed by atoms with Crippen LogP contribution in [-0.2, 0) is 16.0 Å². The van der Waals surface area contributed by atoms with Crippen LogP contribution in [-0.4, -0.2) is 54.0 Å². The van der Waals surface area contributed by atoms with Crippen molar-refractivity contribution in [3.8, 4) is 0 Å². The molecule has 1 aliphatic rings. The second-order valence-electron chi connectivity index (χ2n) is 4.98. The smallest absolute Gasteiger partial charge is 0.339 e. The van der Waals surface area contributed by atoms with Crippen LogP contribution in [0.3, 0.4) is 0 Å². The van der Waals surface area contributed by atoms with Crippen LogP contribution >= 0.6 is 0 Å². The normalized spacial score (nSPS) is 15.8. The molecule has 1 heterocycles. The first kappa shape index (κ1) is 16.3. The Morgan fingerprint density at radius 2 is 1.64 bits per heavy atom. The van der Waals surface area contributed by atoms with Crippen molar-refractivity contribution in [1.29, 1.82) is 0 Å². The van der Waals surface area contributed by atoms with Gasteiger partial charge in [-0.25, -0.2) is 4.39 Å². The number of amides is 2. The summed E-state index contributed by atoms with van der Waals surface area (Å²) in [5.74, 6) is -2.64. The summed E-state index contributed by atoms with van der Waals surface area (Å²) < 4.78 is 50.0. The van der Waals surface area contributed by atoms with Gasteiger partial charge in [-0.2, -0.15) is 13.2 Å². The van der Waals surface area contributed by atoms with E-state index in [1.165, 1.54) is 23.1 Å². The lowest BCUT2D eigenvalue weighted by Gasteiger charge is -2.35. The first-order valence-corrected chi connectivity index (χ1v) is 6.65. The zero-order valence-electron chi connectivity index (χ0n) is 11.6. The van der Waals surface area contributed by atoms with Crippen molar-refractivity contribution in [3.05, 3.63) is 35.6 Å². The molecule has 0 atom stereocenters. The van der Waals surface area contributed by atoms with E-state index in [0.29, 0.717) is 10.5 Å². The predicted molar refractivity (Wildman–Crippen MR) is 69.3 cm³/mol. The number of alkyl halides is 3. The molecular formula is C14H14F4N2O2. The van der Waals surface area contributed by atoms with Crippen molar-refractivity contribution in [2.24, 2.45) is 0 Å². The molecule has 0 bridgehead atoms. The summed E-state index contributed by atoms with van der Waals surface area (Å²) in [5.41, 5.74) is 0.499. The maximum Gasteiger partial charge on any atom is 0.471 e. The quantitative estimate of drug-likeness (QED) is 0.777. The Morgan fingerprint density at radius 1 is 1.05 bits per heavy atom. The fourth-order valence-corrected chi connectivity index (χ4v) is 2.27. The standard InChI is InChI=1S/C14H14F4N2O2/c15-11-3-1-2-10(8-11)9-12(21)19-4-6-20(7-5-19)13(22)14(16,17)18/h1-3,8H,4-7,9H2. The Hall–Kier alpha value is -2.12. The van der Waals surface area contributed by atoms with Crippen molar-refractivity contribution in [2.45, 2.75) is 12.6 Å². The Balaban J connectivity index is 1.89. The third-order valence-corrected chi connectivity index (χ3v) is 3.41. The third-order valence-electron chi connectivity index (χ3n) is 3.41. The van der Waals surface area contributed by atoms with Gasteiger partial charge >= 0.3 is 12.1 Å². The molecule has 1 saturated heterocycles. The van der Waals surface area contributed by atoms with E-state index in [1.54, 1.807) is 6.07 Å². The zero-order chi connectivity index (χ0) is 16.3. The molecule has 2 rings (SSSR count). The second-order valence-corrected chi connectivity index (χ2v) is 4.98. The minimum absolute atomic E-state index is 0.0228. The summed E-state index contributed by atoms with van der Waals surface area (Å²) in [5, 5.41) is 0. The molecule has 1 aliphatic heterocycles. The molecule has 0 aromatic heterocycles. The van der Waals surface area contributed by atoms with E-state index < -0.39 is 17.9 Å². The van der Waals surface area contributed by atoms with Gasteiger partial charge in [0.1, 0.15) is 5.82 Å². The van der Waals surface area contributed by atoms with E-state index in [9.17, 15) is 27.2 Å². The Kier molecular flexibility index (Phi) is 4.68. The maximum atomic E-state index is 13.0. The highest BCUT2D eigenvalue weighted by molar-refractivity contribution is 5.83. The highest BCUT2D eigenvalue weighted by Crippen LogP contribution is 2.19. The van der Waals surface area contributed by atoms with Gasteiger partial charge in [-0.05, 0) is 17.7 Å². The van der Waals surface area contributed by atoms with Crippen molar-refractivity contribution >= 4 is 11.8 Å². The van der Waals surface area contributed by atoms with E-state index in [-0.39, 0.29) is 38.5 Å². The first-order chi connectivity index (χ1) is 10.3. The van der Waals surface area contributed by atoms with Gasteiger partial charge in [0.2, 0.25) is 5.91 Å². The van der Waals surface area contributed by atoms with Crippen LogP contribution in [0.1, 0.15) is 5.56 Å². The van der Waals surface area contributed by atoms with E-state index in [4.69, 9.17) is 0 Å². The number of rotatable bonds is 2. The largest absolute Gasteiger partial charge is 0.471 e. The molecule has 8 heteroatoms. The zero-order valence-corrected chi connectivity index (χ0v) is 11.6. The van der Waals surface area contributed by atoms with Crippen LogP contribution < -0.4 is 0 Å². The summed E-state index contributed by atoms with van der Waals surface area (Å²) in [6.07, 6.45) is -4.92. The lowest BCUT2D eigenvalue weighted by molar-refractivity contribution is -0.187. The number of piperazine rings is 1. The molecule has 4 nitrogen and oxygen atoms in total. The number of hydrogen-bond donors (Lipinski definition) is 0. The van der Waals surface area contributed by atoms with Gasteiger partial charge in [-0.1, -0.05) is 12.1 Å². The summed E-state index contributed by atoms with van der Waals surface area (Å²) >= 11 is 0. The summed E-state index contributed by atoms with van der Waals surface area (Å²) in [6.45, 7) is -0.244. The topological polar surface area (TPSA) is 40.6 Å². The van der Waals surface area contributed by atoms with Gasteiger partial charge < -0.3 is 9.80 Å². The van der Waals surface area contributed by atoms with Crippen molar-refractivity contribution in [1.82, 2.24) is 9.80 Å². The van der Waals surface area contributed by atoms with Gasteiger partial charge in [-0.15, -0.1) is 0 Å². The highest BCUT2D eigenvalue weighted by atomic mass is 19.4. The van der Waals surface area contributed by atoms with Gasteiger partial charge in [0, 0.05) is 26.2 Å². The van der Waals surface area contributed by atoms with Crippen LogP contribution in [0.4, 0.5) is 17.6 Å². The second kappa shape index (κ2) is 6.33. The van der Waals surface area contributed by atoms with Gasteiger partial charge in [0.25, 0.3) is 0 Å². The fraction of sp³-hybridized carbons (Fsp3) is 0.429. The molecular weight excluding hydrogens is 304 g/mol. The molecule has 0 saturated carbocycles. The summed E-state index contributed by atoms with van der Waals surface area (Å²) in [7, 11) is 0. The molecule has 1 aromatic rings. The van der Waals surface area contributed by atoms with Crippen LogP contribution in [0.15, 0.2) is 24.3 Å². The number of hydrogen-bond acceptors (Lipinski definition) is 2. The van der Waals surface area contributed by atoms with Crippen LogP contribution in [0.25, 0.3) is 0 Å². The van der Waals surface area contributed by atoms with Gasteiger partial charge in [0.15, 0.2) is 0 Å². The molecule has 1 fully saturated rings. The van der Waals surface area contributed by atoms with E-state index in [0.717, 1.165) is 0 Å². The van der Waals surface area contributed by atoms with Crippen molar-refractivity contribution < 1.29 is 27.2 Å². The molecule has 0 N–H and O–H groups in total. The Labute approximate surface area is 124 Å². The van der Waals surface area contributed by atoms with Gasteiger partial charge in [-0.3, -0.25) is 9.59 Å². The molecule has 1 aromatic carbocycles. The number of carbonyl (C=O) groups excluding carboxylic acids is 2. The molecule has 0 unspecified atom stereocenters. The van der Waals surface area contributed by atoms with Gasteiger partial charge in [0.05, 0.1) is 6.42 Å². The monoisotopic (exact) mass is 318 g/mol. The molecule has 0 aliphatic carbocycles. The summed E-state index contributed by atoms with van der Waals surface area (Å²) in [4.78, 5) is 25.2. The van der Waals surface area contributed by atoms with Crippen molar-refractivity contribution in [3.63, 3.8) is 0 Å². The third kappa shape index (κ3) is 3.96. The number of halogens is 4. The van der Waals surface area contributed by atoms with E-state index in [2.05, 4.69) is 0 Å². The highest BCUT2D eigenvalue weighted by Gasteiger charge is 2.43. The van der Waals surface area contributed by atoms with E-state index in [1.807, 2.05) is 0 Å². The van der Waals surface area contributed by atoms with Crippen LogP contribution in [0, 0.1) is 5.82 Å². The number of benzene rings is 1. The Bertz CT molecular complexity index is 566. The number of carbonyl (C=O) groups is 2. The lowest BCUT2D eigenvalue weighted by Crippen LogP contribution is -2.53. The number of nitrogens with zero attached hydrogens (tertiary/aromatic N) is 2. The first-order valence-electron chi connectivity index (χ1n) is 6.65. The van der Waals surface area contributed by atoms with Crippen molar-refractivity contribution in [2.75, 3.05) is 26.2 Å².